The van der Waals surface area contributed by atoms with Gasteiger partial charge in [0.1, 0.15) is 0 Å². The maximum absolute atomic E-state index is 13.6. The van der Waals surface area contributed by atoms with E-state index in [4.69, 9.17) is 0 Å². The van der Waals surface area contributed by atoms with Crippen molar-refractivity contribution in [2.75, 3.05) is 26.4 Å². The van der Waals surface area contributed by atoms with Crippen molar-refractivity contribution in [2.24, 2.45) is 0 Å². The molecule has 0 fully saturated rings. The minimum Gasteiger partial charge on any atom is -0.309 e. The van der Waals surface area contributed by atoms with Gasteiger partial charge >= 0.3 is 0 Å². The normalized spacial score (nSPS) is 12.4. The molecule has 0 bridgehead atoms. The minimum absolute atomic E-state index is 0.326. The molecular weight excluding hydrogens is 400 g/mol. The van der Waals surface area contributed by atoms with Crippen molar-refractivity contribution in [2.45, 2.75) is 43.4 Å². The van der Waals surface area contributed by atoms with Crippen LogP contribution in [0.4, 0.5) is 0 Å². The number of hydrogen-bond acceptors (Lipinski definition) is 4. The Morgan fingerprint density at radius 3 is 2.28 bits per heavy atom. The van der Waals surface area contributed by atoms with Crippen LogP contribution in [0.15, 0.2) is 52.3 Å². The zero-order valence-electron chi connectivity index (χ0n) is 18.1. The molecule has 0 aliphatic rings. The van der Waals surface area contributed by atoms with E-state index < -0.39 is 10.0 Å². The molecular formula is C23H30N2O2S2. The monoisotopic (exact) mass is 430 g/mol. The van der Waals surface area contributed by atoms with Crippen molar-refractivity contribution >= 4 is 32.7 Å². The largest absolute Gasteiger partial charge is 0.309 e. The van der Waals surface area contributed by atoms with Crippen molar-refractivity contribution in [3.63, 3.8) is 0 Å². The van der Waals surface area contributed by atoms with E-state index in [2.05, 4.69) is 24.8 Å². The molecule has 0 radical (unpaired) electrons. The molecule has 4 nitrogen and oxygen atoms in total. The summed E-state index contributed by atoms with van der Waals surface area (Å²) in [6, 6.07) is 13.3. The number of aryl methyl sites for hydroxylation is 1. The lowest BCUT2D eigenvalue weighted by atomic mass is 10.0. The predicted molar refractivity (Wildman–Crippen MR) is 124 cm³/mol. The quantitative estimate of drug-likeness (QED) is 0.479. The molecule has 29 heavy (non-hydrogen) atoms. The number of thioether (sulfide) groups is 1. The molecule has 2 aromatic carbocycles. The van der Waals surface area contributed by atoms with Gasteiger partial charge in [0.25, 0.3) is 10.0 Å². The third-order valence-corrected chi connectivity index (χ3v) is 8.13. The van der Waals surface area contributed by atoms with Gasteiger partial charge in [0.2, 0.25) is 0 Å². The van der Waals surface area contributed by atoms with Crippen molar-refractivity contribution in [3.8, 4) is 0 Å². The second-order valence-corrected chi connectivity index (χ2v) is 11.0. The first kappa shape index (κ1) is 21.9. The minimum atomic E-state index is -3.68. The topological polar surface area (TPSA) is 42.3 Å². The first-order valence-corrected chi connectivity index (χ1v) is 12.3. The molecule has 1 aromatic heterocycles. The summed E-state index contributed by atoms with van der Waals surface area (Å²) in [5, 5.41) is 1.01. The second kappa shape index (κ2) is 8.54. The van der Waals surface area contributed by atoms with Crippen LogP contribution < -0.4 is 0 Å². The van der Waals surface area contributed by atoms with E-state index in [1.165, 1.54) is 3.97 Å². The van der Waals surface area contributed by atoms with Crippen LogP contribution in [-0.4, -0.2) is 43.7 Å². The SMILES string of the molecule is Cc1ccc2c(c1)c(SCCN(C)C)c(C)n2S(=O)(=O)c1ccc(C(C)C)cc1. The van der Waals surface area contributed by atoms with Crippen LogP contribution in [0.25, 0.3) is 10.9 Å². The van der Waals surface area contributed by atoms with Crippen LogP contribution in [0.5, 0.6) is 0 Å². The van der Waals surface area contributed by atoms with Gasteiger partial charge in [-0.3, -0.25) is 0 Å². The Balaban J connectivity index is 2.14. The molecule has 156 valence electrons. The van der Waals surface area contributed by atoms with E-state index in [0.717, 1.165) is 44.9 Å². The van der Waals surface area contributed by atoms with Crippen LogP contribution >= 0.6 is 11.8 Å². The molecule has 0 saturated carbocycles. The molecule has 0 spiro atoms. The molecule has 0 amide bonds. The lowest BCUT2D eigenvalue weighted by Crippen LogP contribution is -2.15. The third kappa shape index (κ3) is 4.39. The Kier molecular flexibility index (Phi) is 6.46. The average Bonchev–Trinajstić information content (AvgIpc) is 2.93. The van der Waals surface area contributed by atoms with E-state index >= 15 is 0 Å². The molecule has 0 atom stereocenters. The number of fused-ring (bicyclic) bond motifs is 1. The molecule has 0 N–H and O–H groups in total. The fourth-order valence-corrected chi connectivity index (χ4v) is 6.33. The van der Waals surface area contributed by atoms with Gasteiger partial charge in [-0.2, -0.15) is 0 Å². The summed E-state index contributed by atoms with van der Waals surface area (Å²) in [4.78, 5) is 3.51. The van der Waals surface area contributed by atoms with Gasteiger partial charge in [0, 0.05) is 28.3 Å². The van der Waals surface area contributed by atoms with Crippen molar-refractivity contribution in [1.29, 1.82) is 0 Å². The number of benzene rings is 2. The van der Waals surface area contributed by atoms with Gasteiger partial charge in [-0.05, 0) is 63.7 Å². The van der Waals surface area contributed by atoms with E-state index in [1.54, 1.807) is 23.9 Å². The van der Waals surface area contributed by atoms with Crippen molar-refractivity contribution < 1.29 is 8.42 Å². The zero-order valence-corrected chi connectivity index (χ0v) is 19.7. The summed E-state index contributed by atoms with van der Waals surface area (Å²) in [6.45, 7) is 9.10. The molecule has 0 unspecified atom stereocenters. The first-order chi connectivity index (χ1) is 13.6. The Morgan fingerprint density at radius 2 is 1.69 bits per heavy atom. The fraction of sp³-hybridized carbons (Fsp3) is 0.391. The molecule has 1 heterocycles. The maximum Gasteiger partial charge on any atom is 0.268 e. The lowest BCUT2D eigenvalue weighted by Gasteiger charge is -2.12. The smallest absolute Gasteiger partial charge is 0.268 e. The Labute approximate surface area is 179 Å². The molecule has 3 aromatic rings. The van der Waals surface area contributed by atoms with Crippen LogP contribution in [0.2, 0.25) is 0 Å². The summed E-state index contributed by atoms with van der Waals surface area (Å²) >= 11 is 1.73. The Morgan fingerprint density at radius 1 is 1.03 bits per heavy atom. The van der Waals surface area contributed by atoms with Gasteiger partial charge in [-0.1, -0.05) is 37.6 Å². The van der Waals surface area contributed by atoms with Crippen LogP contribution in [0, 0.1) is 13.8 Å². The van der Waals surface area contributed by atoms with E-state index in [9.17, 15) is 8.42 Å². The summed E-state index contributed by atoms with van der Waals surface area (Å²) in [6.07, 6.45) is 0. The number of hydrogen-bond donors (Lipinski definition) is 0. The summed E-state index contributed by atoms with van der Waals surface area (Å²) < 4.78 is 28.7. The number of nitrogens with zero attached hydrogens (tertiary/aromatic N) is 2. The summed E-state index contributed by atoms with van der Waals surface area (Å²) in [7, 11) is 0.416. The Bertz CT molecular complexity index is 1110. The van der Waals surface area contributed by atoms with Crippen LogP contribution in [-0.2, 0) is 10.0 Å². The van der Waals surface area contributed by atoms with Gasteiger partial charge < -0.3 is 4.90 Å². The number of aromatic nitrogens is 1. The second-order valence-electron chi connectivity index (χ2n) is 8.08. The van der Waals surface area contributed by atoms with Crippen LogP contribution in [0.3, 0.4) is 0 Å². The zero-order chi connectivity index (χ0) is 21.3. The van der Waals surface area contributed by atoms with Crippen molar-refractivity contribution in [1.82, 2.24) is 8.87 Å². The highest BCUT2D eigenvalue weighted by Crippen LogP contribution is 2.37. The Hall–Kier alpha value is -1.76. The number of rotatable bonds is 7. The van der Waals surface area contributed by atoms with E-state index in [0.29, 0.717) is 10.8 Å². The van der Waals surface area contributed by atoms with Gasteiger partial charge in [-0.15, -0.1) is 11.8 Å². The van der Waals surface area contributed by atoms with E-state index in [1.807, 2.05) is 52.2 Å². The average molecular weight is 431 g/mol. The molecule has 0 aliphatic carbocycles. The van der Waals surface area contributed by atoms with Gasteiger partial charge in [0.05, 0.1) is 10.4 Å². The highest BCUT2D eigenvalue weighted by Gasteiger charge is 2.25. The fourth-order valence-electron chi connectivity index (χ4n) is 3.43. The molecule has 6 heteroatoms. The lowest BCUT2D eigenvalue weighted by molar-refractivity contribution is 0.437. The van der Waals surface area contributed by atoms with Gasteiger partial charge in [-0.25, -0.2) is 12.4 Å². The highest BCUT2D eigenvalue weighted by atomic mass is 32.2. The predicted octanol–water partition coefficient (Wildman–Crippen LogP) is 5.27. The van der Waals surface area contributed by atoms with E-state index in [-0.39, 0.29) is 0 Å². The van der Waals surface area contributed by atoms with Gasteiger partial charge in [0.15, 0.2) is 0 Å². The van der Waals surface area contributed by atoms with Crippen LogP contribution in [0.1, 0.15) is 36.6 Å². The summed E-state index contributed by atoms with van der Waals surface area (Å²) in [5.74, 6) is 1.27. The van der Waals surface area contributed by atoms with Crippen molar-refractivity contribution in [3.05, 3.63) is 59.3 Å². The first-order valence-electron chi connectivity index (χ1n) is 9.87. The molecule has 3 rings (SSSR count). The third-order valence-electron chi connectivity index (χ3n) is 5.12. The maximum atomic E-state index is 13.6. The molecule has 0 aliphatic heterocycles. The summed E-state index contributed by atoms with van der Waals surface area (Å²) in [5.41, 5.74) is 3.78. The highest BCUT2D eigenvalue weighted by molar-refractivity contribution is 7.99. The standard InChI is InChI=1S/C23H30N2O2S2/c1-16(2)19-8-10-20(11-9-19)29(26,27)25-18(4)23(28-14-13-24(5)6)21-15-17(3)7-12-22(21)25/h7-12,15-16H,13-14H2,1-6H3. The molecule has 0 saturated heterocycles.